The topological polar surface area (TPSA) is 120 Å². The quantitative estimate of drug-likeness (QED) is 0.335. The number of halogens is 1. The Morgan fingerprint density at radius 1 is 1.03 bits per heavy atom. The second kappa shape index (κ2) is 11.7. The number of nitro benzene ring substituents is 1. The second-order valence-corrected chi connectivity index (χ2v) is 7.66. The molecule has 0 heterocycles. The van der Waals surface area contributed by atoms with Crippen LogP contribution >= 0.6 is 11.6 Å². The number of methoxy groups -OCH3 is 1. The van der Waals surface area contributed by atoms with Crippen molar-refractivity contribution in [1.29, 1.82) is 0 Å². The van der Waals surface area contributed by atoms with Crippen LogP contribution < -0.4 is 15.4 Å². The van der Waals surface area contributed by atoms with Crippen molar-refractivity contribution < 1.29 is 24.0 Å². The number of amides is 2. The largest absolute Gasteiger partial charge is 0.495 e. The molecule has 2 N–H and O–H groups in total. The maximum Gasteiger partial charge on any atom is 0.408 e. The molecule has 10 heteroatoms. The van der Waals surface area contributed by atoms with E-state index < -0.39 is 23.0 Å². The maximum absolute atomic E-state index is 13.1. The number of anilines is 1. The van der Waals surface area contributed by atoms with Crippen LogP contribution in [0.4, 0.5) is 16.2 Å². The number of nitrogens with one attached hydrogen (secondary N) is 2. The lowest BCUT2D eigenvalue weighted by atomic mass is 10.0. The first-order chi connectivity index (χ1) is 16.4. The van der Waals surface area contributed by atoms with Gasteiger partial charge < -0.3 is 20.1 Å². The Hall–Kier alpha value is -4.11. The van der Waals surface area contributed by atoms with Crippen LogP contribution in [0.3, 0.4) is 0 Å². The number of alkyl carbamates (subject to hydrolysis) is 1. The van der Waals surface area contributed by atoms with E-state index in [0.717, 1.165) is 5.56 Å². The molecular formula is C24H22ClN3O6. The van der Waals surface area contributed by atoms with Gasteiger partial charge in [-0.1, -0.05) is 54.1 Å². The van der Waals surface area contributed by atoms with Crippen molar-refractivity contribution in [1.82, 2.24) is 5.32 Å². The molecule has 34 heavy (non-hydrogen) atoms. The summed E-state index contributed by atoms with van der Waals surface area (Å²) in [4.78, 5) is 35.9. The molecule has 3 aromatic carbocycles. The predicted molar refractivity (Wildman–Crippen MR) is 127 cm³/mol. The van der Waals surface area contributed by atoms with Gasteiger partial charge >= 0.3 is 6.09 Å². The number of ether oxygens (including phenoxy) is 2. The predicted octanol–water partition coefficient (Wildman–Crippen LogP) is 4.73. The van der Waals surface area contributed by atoms with Gasteiger partial charge in [0, 0.05) is 23.6 Å². The van der Waals surface area contributed by atoms with Crippen LogP contribution in [0.5, 0.6) is 5.75 Å². The van der Waals surface area contributed by atoms with Gasteiger partial charge in [-0.15, -0.1) is 0 Å². The molecule has 3 rings (SSSR count). The normalized spacial score (nSPS) is 11.2. The van der Waals surface area contributed by atoms with Gasteiger partial charge in [-0.2, -0.15) is 0 Å². The van der Waals surface area contributed by atoms with Crippen LogP contribution in [0.1, 0.15) is 11.1 Å². The Morgan fingerprint density at radius 2 is 1.74 bits per heavy atom. The van der Waals surface area contributed by atoms with E-state index in [2.05, 4.69) is 10.6 Å². The van der Waals surface area contributed by atoms with E-state index in [-0.39, 0.29) is 18.7 Å². The average Bonchev–Trinajstić information content (AvgIpc) is 2.83. The van der Waals surface area contributed by atoms with E-state index in [1.807, 2.05) is 18.2 Å². The van der Waals surface area contributed by atoms with Crippen molar-refractivity contribution >= 4 is 35.0 Å². The van der Waals surface area contributed by atoms with Gasteiger partial charge in [0.05, 0.1) is 17.7 Å². The number of nitrogens with zero attached hydrogens (tertiary/aromatic N) is 1. The van der Waals surface area contributed by atoms with Gasteiger partial charge in [-0.25, -0.2) is 4.79 Å². The van der Waals surface area contributed by atoms with Gasteiger partial charge in [0.1, 0.15) is 18.4 Å². The van der Waals surface area contributed by atoms with Gasteiger partial charge in [0.15, 0.2) is 0 Å². The average molecular weight is 484 g/mol. The lowest BCUT2D eigenvalue weighted by Crippen LogP contribution is -2.45. The zero-order valence-electron chi connectivity index (χ0n) is 18.2. The number of nitro groups is 1. The number of rotatable bonds is 9. The third-order valence-corrected chi connectivity index (χ3v) is 5.06. The highest BCUT2D eigenvalue weighted by atomic mass is 35.5. The number of non-ortho nitro benzene ring substituents is 1. The molecule has 0 aliphatic carbocycles. The zero-order chi connectivity index (χ0) is 24.5. The van der Waals surface area contributed by atoms with Crippen LogP contribution in [0.25, 0.3) is 0 Å². The zero-order valence-corrected chi connectivity index (χ0v) is 19.0. The Labute approximate surface area is 200 Å². The molecule has 0 fully saturated rings. The first-order valence-corrected chi connectivity index (χ1v) is 10.6. The fourth-order valence-electron chi connectivity index (χ4n) is 3.10. The molecule has 0 aliphatic rings. The minimum Gasteiger partial charge on any atom is -0.495 e. The Bertz CT molecular complexity index is 1160. The van der Waals surface area contributed by atoms with E-state index in [1.165, 1.54) is 37.4 Å². The van der Waals surface area contributed by atoms with Crippen molar-refractivity contribution in [2.24, 2.45) is 0 Å². The molecule has 0 radical (unpaired) electrons. The molecule has 0 aromatic heterocycles. The van der Waals surface area contributed by atoms with E-state index >= 15 is 0 Å². The van der Waals surface area contributed by atoms with E-state index in [1.54, 1.807) is 24.3 Å². The first-order valence-electron chi connectivity index (χ1n) is 10.2. The number of carbonyl (C=O) groups excluding carboxylic acids is 2. The first kappa shape index (κ1) is 24.5. The molecule has 0 saturated carbocycles. The number of hydrogen-bond donors (Lipinski definition) is 2. The highest BCUT2D eigenvalue weighted by Crippen LogP contribution is 2.28. The summed E-state index contributed by atoms with van der Waals surface area (Å²) >= 11 is 6.04. The third-order valence-electron chi connectivity index (χ3n) is 4.83. The van der Waals surface area contributed by atoms with Crippen molar-refractivity contribution in [2.75, 3.05) is 12.4 Å². The van der Waals surface area contributed by atoms with Crippen molar-refractivity contribution in [2.45, 2.75) is 19.1 Å². The van der Waals surface area contributed by atoms with E-state index in [0.29, 0.717) is 22.0 Å². The van der Waals surface area contributed by atoms with Crippen LogP contribution in [0, 0.1) is 10.1 Å². The minimum atomic E-state index is -1.05. The molecule has 9 nitrogen and oxygen atoms in total. The molecule has 0 unspecified atom stereocenters. The summed E-state index contributed by atoms with van der Waals surface area (Å²) in [6.45, 7) is 0.0284. The lowest BCUT2D eigenvalue weighted by Gasteiger charge is -2.19. The smallest absolute Gasteiger partial charge is 0.408 e. The Kier molecular flexibility index (Phi) is 8.42. The highest BCUT2D eigenvalue weighted by molar-refractivity contribution is 6.31. The fraction of sp³-hybridized carbons (Fsp3) is 0.167. The highest BCUT2D eigenvalue weighted by Gasteiger charge is 2.24. The summed E-state index contributed by atoms with van der Waals surface area (Å²) in [5.41, 5.74) is 1.64. The molecule has 3 aromatic rings. The number of hydrogen-bond acceptors (Lipinski definition) is 6. The van der Waals surface area contributed by atoms with Crippen LogP contribution in [0.15, 0.2) is 72.8 Å². The van der Waals surface area contributed by atoms with Crippen LogP contribution in [-0.4, -0.2) is 30.1 Å². The molecule has 0 bridgehead atoms. The van der Waals surface area contributed by atoms with E-state index in [4.69, 9.17) is 21.1 Å². The molecule has 2 amide bonds. The third kappa shape index (κ3) is 6.94. The van der Waals surface area contributed by atoms with Crippen molar-refractivity contribution in [3.8, 4) is 5.75 Å². The van der Waals surface area contributed by atoms with E-state index in [9.17, 15) is 19.7 Å². The summed E-state index contributed by atoms with van der Waals surface area (Å²) in [5, 5.41) is 16.6. The van der Waals surface area contributed by atoms with Crippen molar-refractivity contribution in [3.05, 3.63) is 99.1 Å². The fourth-order valence-corrected chi connectivity index (χ4v) is 3.28. The number of benzene rings is 3. The summed E-state index contributed by atoms with van der Waals surface area (Å²) in [6, 6.07) is 18.5. The Morgan fingerprint density at radius 3 is 2.38 bits per heavy atom. The summed E-state index contributed by atoms with van der Waals surface area (Å²) in [6.07, 6.45) is -0.725. The maximum atomic E-state index is 13.1. The SMILES string of the molecule is COc1ccc(Cl)cc1NC(=O)[C@H](Cc1ccc([N+](=O)[O-])cc1)NC(=O)OCc1ccccc1. The molecule has 1 atom stereocenters. The van der Waals surface area contributed by atoms with Crippen LogP contribution in [-0.2, 0) is 22.6 Å². The van der Waals surface area contributed by atoms with Gasteiger partial charge in [0.25, 0.3) is 5.69 Å². The molecule has 0 saturated heterocycles. The standard InChI is InChI=1S/C24H22ClN3O6/c1-33-22-12-9-18(25)14-20(22)26-23(29)21(13-16-7-10-19(11-8-16)28(31)32)27-24(30)34-15-17-5-3-2-4-6-17/h2-12,14,21H,13,15H2,1H3,(H,26,29)(H,27,30)/t21-/m0/s1. The minimum absolute atomic E-state index is 0.0284. The molecular weight excluding hydrogens is 462 g/mol. The molecule has 0 aliphatic heterocycles. The Balaban J connectivity index is 1.76. The molecule has 0 spiro atoms. The van der Waals surface area contributed by atoms with Crippen LogP contribution in [0.2, 0.25) is 5.02 Å². The monoisotopic (exact) mass is 483 g/mol. The van der Waals surface area contributed by atoms with Crippen molar-refractivity contribution in [3.63, 3.8) is 0 Å². The summed E-state index contributed by atoms with van der Waals surface area (Å²) in [7, 11) is 1.45. The summed E-state index contributed by atoms with van der Waals surface area (Å²) < 4.78 is 10.5. The van der Waals surface area contributed by atoms with Gasteiger partial charge in [-0.05, 0) is 29.3 Å². The number of carbonyl (C=O) groups is 2. The van der Waals surface area contributed by atoms with Gasteiger partial charge in [-0.3, -0.25) is 14.9 Å². The molecule has 176 valence electrons. The van der Waals surface area contributed by atoms with Gasteiger partial charge in [0.2, 0.25) is 5.91 Å². The second-order valence-electron chi connectivity index (χ2n) is 7.22. The summed E-state index contributed by atoms with van der Waals surface area (Å²) in [5.74, 6) is -0.158. The lowest BCUT2D eigenvalue weighted by molar-refractivity contribution is -0.384.